The van der Waals surface area contributed by atoms with E-state index in [2.05, 4.69) is 28.7 Å². The van der Waals surface area contributed by atoms with Gasteiger partial charge in [0.15, 0.2) is 9.84 Å². The molecule has 10 heteroatoms. The largest absolute Gasteiger partial charge is 0.496 e. The molecular formula is C32H34N2O6S2. The van der Waals surface area contributed by atoms with Gasteiger partial charge in [-0.15, -0.1) is 0 Å². The second-order valence-electron chi connectivity index (χ2n) is 10.3. The predicted molar refractivity (Wildman–Crippen MR) is 165 cm³/mol. The van der Waals surface area contributed by atoms with Crippen molar-refractivity contribution in [3.8, 4) is 11.5 Å². The van der Waals surface area contributed by atoms with Gasteiger partial charge in [-0.2, -0.15) is 0 Å². The molecule has 1 heterocycles. The summed E-state index contributed by atoms with van der Waals surface area (Å²) in [5, 5.41) is 0. The van der Waals surface area contributed by atoms with Crippen molar-refractivity contribution in [1.82, 2.24) is 0 Å². The third-order valence-corrected chi connectivity index (χ3v) is 10.7. The topological polar surface area (TPSA) is 102 Å². The summed E-state index contributed by atoms with van der Waals surface area (Å²) in [6, 6.07) is 26.1. The fraction of sp³-hybridized carbons (Fsp3) is 0.250. The third-order valence-electron chi connectivity index (χ3n) is 7.58. The maximum atomic E-state index is 13.3. The first-order valence-corrected chi connectivity index (χ1v) is 16.7. The molecule has 42 heavy (non-hydrogen) atoms. The minimum atomic E-state index is -3.95. The van der Waals surface area contributed by atoms with Crippen LogP contribution in [-0.2, 0) is 32.7 Å². The van der Waals surface area contributed by atoms with E-state index in [1.807, 2.05) is 19.2 Å². The maximum Gasteiger partial charge on any atom is 0.262 e. The molecule has 0 saturated carbocycles. The number of likely N-dealkylation sites (N-methyl/N-ethyl adjacent to an activating group) is 1. The van der Waals surface area contributed by atoms with Crippen molar-refractivity contribution in [2.45, 2.75) is 35.6 Å². The van der Waals surface area contributed by atoms with Crippen LogP contribution in [0.3, 0.4) is 0 Å². The van der Waals surface area contributed by atoms with Crippen LogP contribution >= 0.6 is 0 Å². The lowest BCUT2D eigenvalue weighted by Gasteiger charge is -2.36. The van der Waals surface area contributed by atoms with Crippen molar-refractivity contribution in [3.63, 3.8) is 0 Å². The highest BCUT2D eigenvalue weighted by Crippen LogP contribution is 2.41. The highest BCUT2D eigenvalue weighted by Gasteiger charge is 2.30. The van der Waals surface area contributed by atoms with Gasteiger partial charge >= 0.3 is 0 Å². The first-order chi connectivity index (χ1) is 20.1. The van der Waals surface area contributed by atoms with Gasteiger partial charge in [0.25, 0.3) is 10.0 Å². The molecule has 0 radical (unpaired) electrons. The number of aryl methyl sites for hydroxylation is 2. The molecule has 1 atom stereocenters. The highest BCUT2D eigenvalue weighted by atomic mass is 32.2. The first-order valence-electron chi connectivity index (χ1n) is 13.6. The number of ether oxygens (including phenoxy) is 2. The number of sulfone groups is 1. The number of fused-ring (bicyclic) bond motifs is 1. The SMILES string of the molecule is COc1ccc(NS(=O)(=O)c2ccc(CCS(=O)(=O)c3ccccc3)cc2)c2c1C[C@@H](N(C)c1ccccc1C)CO2. The molecule has 5 rings (SSSR count). The number of hydrogen-bond acceptors (Lipinski definition) is 7. The number of rotatable bonds is 10. The van der Waals surface area contributed by atoms with Crippen molar-refractivity contribution in [2.75, 3.05) is 36.1 Å². The summed E-state index contributed by atoms with van der Waals surface area (Å²) >= 11 is 0. The van der Waals surface area contributed by atoms with Crippen LogP contribution in [0.25, 0.3) is 0 Å². The van der Waals surface area contributed by atoms with Gasteiger partial charge < -0.3 is 14.4 Å². The Morgan fingerprint density at radius 3 is 2.26 bits per heavy atom. The summed E-state index contributed by atoms with van der Waals surface area (Å²) in [4.78, 5) is 2.52. The van der Waals surface area contributed by atoms with E-state index in [0.717, 1.165) is 22.4 Å². The average molecular weight is 607 g/mol. The smallest absolute Gasteiger partial charge is 0.262 e. The molecule has 4 aromatic carbocycles. The van der Waals surface area contributed by atoms with Crippen molar-refractivity contribution < 1.29 is 26.3 Å². The van der Waals surface area contributed by atoms with Crippen molar-refractivity contribution in [1.29, 1.82) is 0 Å². The number of para-hydroxylation sites is 1. The number of nitrogens with one attached hydrogen (secondary N) is 1. The van der Waals surface area contributed by atoms with Gasteiger partial charge in [0.05, 0.1) is 34.4 Å². The zero-order chi connectivity index (χ0) is 29.9. The molecule has 0 saturated heterocycles. The van der Waals surface area contributed by atoms with Crippen LogP contribution in [0.4, 0.5) is 11.4 Å². The van der Waals surface area contributed by atoms with Crippen molar-refractivity contribution in [3.05, 3.63) is 108 Å². The summed E-state index contributed by atoms with van der Waals surface area (Å²) in [6.07, 6.45) is 0.877. The van der Waals surface area contributed by atoms with Crippen LogP contribution in [-0.4, -0.2) is 49.4 Å². The zero-order valence-corrected chi connectivity index (χ0v) is 25.4. The van der Waals surface area contributed by atoms with Gasteiger partial charge in [-0.1, -0.05) is 48.5 Å². The minimum Gasteiger partial charge on any atom is -0.496 e. The van der Waals surface area contributed by atoms with Crippen LogP contribution in [0, 0.1) is 6.92 Å². The molecule has 1 N–H and O–H groups in total. The predicted octanol–water partition coefficient (Wildman–Crippen LogP) is 5.26. The molecule has 0 amide bonds. The molecule has 220 valence electrons. The van der Waals surface area contributed by atoms with Gasteiger partial charge in [0.1, 0.15) is 18.1 Å². The third kappa shape index (κ3) is 6.24. The molecule has 0 bridgehead atoms. The summed E-state index contributed by atoms with van der Waals surface area (Å²) in [6.45, 7) is 2.44. The lowest BCUT2D eigenvalue weighted by Crippen LogP contribution is -2.41. The van der Waals surface area contributed by atoms with E-state index < -0.39 is 19.9 Å². The Morgan fingerprint density at radius 1 is 0.881 bits per heavy atom. The number of hydrogen-bond donors (Lipinski definition) is 1. The Balaban J connectivity index is 1.32. The molecule has 1 aliphatic rings. The summed E-state index contributed by atoms with van der Waals surface area (Å²) < 4.78 is 66.4. The van der Waals surface area contributed by atoms with E-state index in [0.29, 0.717) is 30.2 Å². The minimum absolute atomic E-state index is 0.0256. The molecule has 4 aromatic rings. The maximum absolute atomic E-state index is 13.3. The highest BCUT2D eigenvalue weighted by molar-refractivity contribution is 7.92. The van der Waals surface area contributed by atoms with Gasteiger partial charge in [0, 0.05) is 24.7 Å². The second-order valence-corrected chi connectivity index (χ2v) is 14.1. The molecule has 0 spiro atoms. The Hall–Kier alpha value is -4.02. The van der Waals surface area contributed by atoms with Gasteiger partial charge in [-0.05, 0) is 66.9 Å². The van der Waals surface area contributed by atoms with Crippen molar-refractivity contribution >= 4 is 31.2 Å². The quantitative estimate of drug-likeness (QED) is 0.263. The molecule has 0 aromatic heterocycles. The van der Waals surface area contributed by atoms with Gasteiger partial charge in [-0.3, -0.25) is 4.72 Å². The number of methoxy groups -OCH3 is 1. The molecule has 0 fully saturated rings. The number of nitrogens with zero attached hydrogens (tertiary/aromatic N) is 1. The Kier molecular flexibility index (Phi) is 8.47. The number of benzene rings is 4. The monoisotopic (exact) mass is 606 g/mol. The fourth-order valence-electron chi connectivity index (χ4n) is 5.16. The van der Waals surface area contributed by atoms with Crippen LogP contribution in [0.2, 0.25) is 0 Å². The van der Waals surface area contributed by atoms with E-state index in [4.69, 9.17) is 9.47 Å². The van der Waals surface area contributed by atoms with Crippen LogP contribution in [0.1, 0.15) is 16.7 Å². The average Bonchev–Trinajstić information content (AvgIpc) is 3.00. The summed E-state index contributed by atoms with van der Waals surface area (Å²) in [5.41, 5.74) is 4.11. The van der Waals surface area contributed by atoms with E-state index >= 15 is 0 Å². The second kappa shape index (κ2) is 12.1. The molecule has 0 unspecified atom stereocenters. The normalized spacial score (nSPS) is 14.9. The summed E-state index contributed by atoms with van der Waals surface area (Å²) in [5.74, 6) is 1.01. The zero-order valence-electron chi connectivity index (χ0n) is 23.8. The van der Waals surface area contributed by atoms with E-state index in [9.17, 15) is 16.8 Å². The summed E-state index contributed by atoms with van der Waals surface area (Å²) in [7, 11) is -3.77. The lowest BCUT2D eigenvalue weighted by molar-refractivity contribution is 0.256. The Bertz CT molecular complexity index is 1770. The lowest BCUT2D eigenvalue weighted by atomic mass is 9.98. The Morgan fingerprint density at radius 2 is 1.57 bits per heavy atom. The molecule has 8 nitrogen and oxygen atoms in total. The van der Waals surface area contributed by atoms with E-state index in [1.165, 1.54) is 12.1 Å². The van der Waals surface area contributed by atoms with Crippen molar-refractivity contribution in [2.24, 2.45) is 0 Å². The first kappa shape index (κ1) is 29.5. The molecule has 1 aliphatic heterocycles. The fourth-order valence-corrected chi connectivity index (χ4v) is 7.53. The van der Waals surface area contributed by atoms with Crippen LogP contribution in [0.15, 0.2) is 101 Å². The van der Waals surface area contributed by atoms with Gasteiger partial charge in [0.2, 0.25) is 0 Å². The number of sulfonamides is 1. The van der Waals surface area contributed by atoms with Crippen LogP contribution < -0.4 is 19.1 Å². The number of anilines is 2. The Labute approximate surface area is 247 Å². The molecule has 0 aliphatic carbocycles. The van der Waals surface area contributed by atoms with E-state index in [-0.39, 0.29) is 28.0 Å². The van der Waals surface area contributed by atoms with Gasteiger partial charge in [-0.25, -0.2) is 16.8 Å². The standard InChI is InChI=1S/C32H34N2O6S2/c1-23-9-7-8-12-30(23)34(2)25-21-28-31(39-3)18-17-29(32(28)40-22-25)33-42(37,38)27-15-13-24(14-16-27)19-20-41(35,36)26-10-5-4-6-11-26/h4-18,25,33H,19-22H2,1-3H3/t25-/m1/s1. The van der Waals surface area contributed by atoms with Crippen LogP contribution in [0.5, 0.6) is 11.5 Å². The van der Waals surface area contributed by atoms with E-state index in [1.54, 1.807) is 61.7 Å². The molecular weight excluding hydrogens is 572 g/mol.